The van der Waals surface area contributed by atoms with E-state index in [-0.39, 0.29) is 5.91 Å². The maximum atomic E-state index is 11.1. The third-order valence-corrected chi connectivity index (χ3v) is 4.23. The second-order valence-corrected chi connectivity index (χ2v) is 4.73. The number of rotatable bonds is 2. The van der Waals surface area contributed by atoms with Crippen molar-refractivity contribution in [2.24, 2.45) is 23.7 Å². The standard InChI is InChI=1S/C11H15NO/c1-2-8(13)12-11-9-6-3-4-7(5-6)10(9)11/h2,6-7,9-11H,1,3-5H2,(H,12,13). The van der Waals surface area contributed by atoms with E-state index in [0.717, 1.165) is 23.7 Å². The summed E-state index contributed by atoms with van der Waals surface area (Å²) in [5.41, 5.74) is 0. The van der Waals surface area contributed by atoms with Crippen LogP contribution in [0.25, 0.3) is 0 Å². The molecular formula is C11H15NO. The quantitative estimate of drug-likeness (QED) is 0.633. The van der Waals surface area contributed by atoms with E-state index in [1.807, 2.05) is 0 Å². The number of amides is 1. The lowest BCUT2D eigenvalue weighted by atomic mass is 10.0. The van der Waals surface area contributed by atoms with Crippen LogP contribution in [0, 0.1) is 23.7 Å². The smallest absolute Gasteiger partial charge is 0.243 e. The molecule has 13 heavy (non-hydrogen) atoms. The van der Waals surface area contributed by atoms with Gasteiger partial charge in [-0.3, -0.25) is 4.79 Å². The third-order valence-electron chi connectivity index (χ3n) is 4.23. The van der Waals surface area contributed by atoms with Crippen molar-refractivity contribution in [3.63, 3.8) is 0 Å². The molecule has 4 unspecified atom stereocenters. The van der Waals surface area contributed by atoms with E-state index < -0.39 is 0 Å². The first-order chi connectivity index (χ1) is 6.31. The van der Waals surface area contributed by atoms with Gasteiger partial charge < -0.3 is 5.32 Å². The number of nitrogens with one attached hydrogen (secondary N) is 1. The fourth-order valence-corrected chi connectivity index (χ4v) is 3.74. The van der Waals surface area contributed by atoms with Crippen molar-refractivity contribution in [1.29, 1.82) is 0 Å². The number of hydrogen-bond acceptors (Lipinski definition) is 1. The molecule has 3 saturated carbocycles. The van der Waals surface area contributed by atoms with E-state index in [4.69, 9.17) is 0 Å². The Bertz CT molecular complexity index is 257. The maximum Gasteiger partial charge on any atom is 0.243 e. The topological polar surface area (TPSA) is 29.1 Å². The number of carbonyl (C=O) groups is 1. The molecule has 0 aromatic rings. The second kappa shape index (κ2) is 2.37. The average Bonchev–Trinajstić information content (AvgIpc) is 2.60. The Morgan fingerprint density at radius 3 is 2.46 bits per heavy atom. The van der Waals surface area contributed by atoms with Crippen LogP contribution in [0.4, 0.5) is 0 Å². The Balaban J connectivity index is 1.66. The van der Waals surface area contributed by atoms with E-state index in [9.17, 15) is 4.79 Å². The van der Waals surface area contributed by atoms with Crippen LogP contribution in [-0.2, 0) is 4.79 Å². The van der Waals surface area contributed by atoms with Gasteiger partial charge in [0.15, 0.2) is 0 Å². The Morgan fingerprint density at radius 1 is 1.31 bits per heavy atom. The highest BCUT2D eigenvalue weighted by molar-refractivity contribution is 5.87. The summed E-state index contributed by atoms with van der Waals surface area (Å²) < 4.78 is 0. The lowest BCUT2D eigenvalue weighted by Crippen LogP contribution is -2.28. The molecule has 0 saturated heterocycles. The molecule has 3 aliphatic rings. The summed E-state index contributed by atoms with van der Waals surface area (Å²) in [7, 11) is 0. The first-order valence-corrected chi connectivity index (χ1v) is 5.24. The first kappa shape index (κ1) is 7.60. The molecule has 0 spiro atoms. The molecule has 0 radical (unpaired) electrons. The predicted octanol–water partition coefficient (Wildman–Crippen LogP) is 1.33. The van der Waals surface area contributed by atoms with Crippen molar-refractivity contribution in [3.8, 4) is 0 Å². The van der Waals surface area contributed by atoms with Crippen molar-refractivity contribution in [3.05, 3.63) is 12.7 Å². The van der Waals surface area contributed by atoms with Gasteiger partial charge in [-0.05, 0) is 49.0 Å². The second-order valence-electron chi connectivity index (χ2n) is 4.73. The molecule has 2 heteroatoms. The largest absolute Gasteiger partial charge is 0.349 e. The average molecular weight is 177 g/mol. The fraction of sp³-hybridized carbons (Fsp3) is 0.727. The van der Waals surface area contributed by atoms with Crippen LogP contribution in [0.15, 0.2) is 12.7 Å². The summed E-state index contributed by atoms with van der Waals surface area (Å²) in [6.45, 7) is 3.48. The Hall–Kier alpha value is -0.790. The first-order valence-electron chi connectivity index (χ1n) is 5.24. The van der Waals surface area contributed by atoms with Crippen LogP contribution in [0.3, 0.4) is 0 Å². The molecule has 2 nitrogen and oxygen atoms in total. The van der Waals surface area contributed by atoms with Crippen LogP contribution < -0.4 is 5.32 Å². The van der Waals surface area contributed by atoms with E-state index in [2.05, 4.69) is 11.9 Å². The van der Waals surface area contributed by atoms with Crippen molar-refractivity contribution >= 4 is 5.91 Å². The van der Waals surface area contributed by atoms with Crippen LogP contribution in [0.1, 0.15) is 19.3 Å². The molecule has 3 fully saturated rings. The normalized spacial score (nSPS) is 50.0. The monoisotopic (exact) mass is 177 g/mol. The van der Waals surface area contributed by atoms with Gasteiger partial charge >= 0.3 is 0 Å². The van der Waals surface area contributed by atoms with Gasteiger partial charge in [-0.1, -0.05) is 6.58 Å². The minimum atomic E-state index is 0.0128. The summed E-state index contributed by atoms with van der Waals surface area (Å²) in [5, 5.41) is 3.05. The fourth-order valence-electron chi connectivity index (χ4n) is 3.74. The van der Waals surface area contributed by atoms with E-state index >= 15 is 0 Å². The summed E-state index contributed by atoms with van der Waals surface area (Å²) in [5.74, 6) is 3.55. The highest BCUT2D eigenvalue weighted by Crippen LogP contribution is 2.65. The van der Waals surface area contributed by atoms with Crippen molar-refractivity contribution < 1.29 is 4.79 Å². The summed E-state index contributed by atoms with van der Waals surface area (Å²) in [4.78, 5) is 11.1. The molecule has 1 N–H and O–H groups in total. The van der Waals surface area contributed by atoms with E-state index in [0.29, 0.717) is 6.04 Å². The zero-order chi connectivity index (χ0) is 9.00. The van der Waals surface area contributed by atoms with E-state index in [1.165, 1.54) is 25.3 Å². The SMILES string of the molecule is C=CC(=O)NC1C2C3CCC(C3)C12. The highest BCUT2D eigenvalue weighted by Gasteiger charge is 2.65. The van der Waals surface area contributed by atoms with Crippen molar-refractivity contribution in [2.75, 3.05) is 0 Å². The molecule has 0 aliphatic heterocycles. The molecular weight excluding hydrogens is 162 g/mol. The van der Waals surface area contributed by atoms with Gasteiger partial charge in [-0.15, -0.1) is 0 Å². The molecule has 70 valence electrons. The molecule has 2 bridgehead atoms. The number of fused-ring (bicyclic) bond motifs is 5. The van der Waals surface area contributed by atoms with Crippen LogP contribution in [0.2, 0.25) is 0 Å². The zero-order valence-corrected chi connectivity index (χ0v) is 7.70. The lowest BCUT2D eigenvalue weighted by Gasteiger charge is -2.08. The predicted molar refractivity (Wildman–Crippen MR) is 49.9 cm³/mol. The van der Waals surface area contributed by atoms with Crippen LogP contribution in [-0.4, -0.2) is 11.9 Å². The van der Waals surface area contributed by atoms with Crippen LogP contribution in [0.5, 0.6) is 0 Å². The summed E-state index contributed by atoms with van der Waals surface area (Å²) in [6.07, 6.45) is 5.64. The Kier molecular flexibility index (Phi) is 1.38. The van der Waals surface area contributed by atoms with E-state index in [1.54, 1.807) is 0 Å². The maximum absolute atomic E-state index is 11.1. The van der Waals surface area contributed by atoms with Gasteiger partial charge in [-0.2, -0.15) is 0 Å². The zero-order valence-electron chi connectivity index (χ0n) is 7.70. The summed E-state index contributed by atoms with van der Waals surface area (Å²) >= 11 is 0. The third kappa shape index (κ3) is 0.917. The van der Waals surface area contributed by atoms with Crippen molar-refractivity contribution in [2.45, 2.75) is 25.3 Å². The number of hydrogen-bond donors (Lipinski definition) is 1. The highest BCUT2D eigenvalue weighted by atomic mass is 16.1. The van der Waals surface area contributed by atoms with Gasteiger partial charge in [-0.25, -0.2) is 0 Å². The number of carbonyl (C=O) groups excluding carboxylic acids is 1. The van der Waals surface area contributed by atoms with Crippen LogP contribution >= 0.6 is 0 Å². The summed E-state index contributed by atoms with van der Waals surface area (Å²) in [6, 6.07) is 0.511. The van der Waals surface area contributed by atoms with Gasteiger partial charge in [0.1, 0.15) is 0 Å². The molecule has 1 amide bonds. The molecule has 3 aliphatic carbocycles. The molecule has 4 atom stereocenters. The van der Waals surface area contributed by atoms with Gasteiger partial charge in [0, 0.05) is 6.04 Å². The molecule has 3 rings (SSSR count). The minimum Gasteiger partial charge on any atom is -0.349 e. The van der Waals surface area contributed by atoms with Gasteiger partial charge in [0.05, 0.1) is 0 Å². The molecule has 0 aromatic carbocycles. The Labute approximate surface area is 78.4 Å². The van der Waals surface area contributed by atoms with Crippen molar-refractivity contribution in [1.82, 2.24) is 5.32 Å². The van der Waals surface area contributed by atoms with Gasteiger partial charge in [0.25, 0.3) is 0 Å². The lowest BCUT2D eigenvalue weighted by molar-refractivity contribution is -0.116. The molecule has 0 heterocycles. The van der Waals surface area contributed by atoms with Gasteiger partial charge in [0.2, 0.25) is 5.91 Å². The molecule has 0 aromatic heterocycles. The minimum absolute atomic E-state index is 0.0128. The Morgan fingerprint density at radius 2 is 1.92 bits per heavy atom.